The molecule has 0 spiro atoms. The molecular formula is C11H10BrClN2O3S. The van der Waals surface area contributed by atoms with Crippen molar-refractivity contribution < 1.29 is 12.8 Å². The van der Waals surface area contributed by atoms with E-state index in [1.54, 1.807) is 6.07 Å². The fraction of sp³-hybridized carbons (Fsp3) is 0.0909. The molecule has 0 aliphatic rings. The van der Waals surface area contributed by atoms with Gasteiger partial charge in [-0.15, -0.1) is 0 Å². The maximum atomic E-state index is 12.2. The molecule has 0 amide bonds. The van der Waals surface area contributed by atoms with E-state index in [1.165, 1.54) is 24.7 Å². The highest BCUT2D eigenvalue weighted by atomic mass is 79.9. The zero-order valence-electron chi connectivity index (χ0n) is 9.56. The topological polar surface area (TPSA) is 85.3 Å². The Bertz CT molecular complexity index is 686. The Morgan fingerprint density at radius 2 is 2.16 bits per heavy atom. The Labute approximate surface area is 123 Å². The molecule has 0 aliphatic heterocycles. The van der Waals surface area contributed by atoms with Crippen molar-refractivity contribution in [3.63, 3.8) is 0 Å². The first-order valence-corrected chi connectivity index (χ1v) is 7.81. The van der Waals surface area contributed by atoms with Crippen LogP contribution in [-0.4, -0.2) is 8.42 Å². The average Bonchev–Trinajstić information content (AvgIpc) is 2.84. The molecule has 3 N–H and O–H groups in total. The van der Waals surface area contributed by atoms with E-state index >= 15 is 0 Å². The molecule has 0 atom stereocenters. The number of anilines is 1. The Hall–Kier alpha value is -1.02. The first-order chi connectivity index (χ1) is 8.90. The number of rotatable bonds is 4. The molecule has 0 aliphatic carbocycles. The summed E-state index contributed by atoms with van der Waals surface area (Å²) < 4.78 is 31.9. The highest BCUT2D eigenvalue weighted by Crippen LogP contribution is 2.31. The van der Waals surface area contributed by atoms with Crippen LogP contribution in [0.2, 0.25) is 5.02 Å². The molecule has 0 fully saturated rings. The summed E-state index contributed by atoms with van der Waals surface area (Å²) in [7, 11) is -3.72. The average molecular weight is 366 g/mol. The first-order valence-electron chi connectivity index (χ1n) is 5.15. The fourth-order valence-corrected chi connectivity index (χ4v) is 3.74. The lowest BCUT2D eigenvalue weighted by molar-refractivity contribution is 0.561. The van der Waals surface area contributed by atoms with Crippen LogP contribution >= 0.6 is 27.5 Å². The molecule has 19 heavy (non-hydrogen) atoms. The van der Waals surface area contributed by atoms with E-state index < -0.39 is 10.0 Å². The molecule has 2 rings (SSSR count). The zero-order valence-corrected chi connectivity index (χ0v) is 12.7. The van der Waals surface area contributed by atoms with Crippen LogP contribution in [-0.2, 0) is 16.6 Å². The molecule has 102 valence electrons. The highest BCUT2D eigenvalue weighted by molar-refractivity contribution is 9.10. The van der Waals surface area contributed by atoms with Gasteiger partial charge < -0.3 is 10.2 Å². The summed E-state index contributed by atoms with van der Waals surface area (Å²) in [5.41, 5.74) is 6.65. The maximum Gasteiger partial charge on any atom is 0.242 e. The first kappa shape index (κ1) is 14.4. The fourth-order valence-electron chi connectivity index (χ4n) is 1.43. The number of hydrogen-bond donors (Lipinski definition) is 2. The van der Waals surface area contributed by atoms with E-state index in [-0.39, 0.29) is 26.6 Å². The summed E-state index contributed by atoms with van der Waals surface area (Å²) in [6, 6.07) is 4.48. The molecule has 0 radical (unpaired) electrons. The van der Waals surface area contributed by atoms with Crippen LogP contribution in [0.25, 0.3) is 0 Å². The normalized spacial score (nSPS) is 11.7. The number of nitrogens with two attached hydrogens (primary N) is 1. The lowest BCUT2D eigenvalue weighted by Crippen LogP contribution is -2.23. The van der Waals surface area contributed by atoms with Crippen LogP contribution in [0, 0.1) is 0 Å². The number of benzene rings is 1. The van der Waals surface area contributed by atoms with Crippen LogP contribution in [0.15, 0.2) is 44.5 Å². The van der Waals surface area contributed by atoms with Gasteiger partial charge in [0.1, 0.15) is 0 Å². The van der Waals surface area contributed by atoms with E-state index in [9.17, 15) is 8.42 Å². The van der Waals surface area contributed by atoms with Crippen molar-refractivity contribution in [2.24, 2.45) is 0 Å². The van der Waals surface area contributed by atoms with Crippen molar-refractivity contribution in [1.29, 1.82) is 0 Å². The van der Waals surface area contributed by atoms with Gasteiger partial charge in [0.05, 0.1) is 21.9 Å². The third-order valence-corrected chi connectivity index (χ3v) is 5.16. The van der Waals surface area contributed by atoms with Crippen molar-refractivity contribution in [2.75, 3.05) is 5.73 Å². The minimum atomic E-state index is -3.72. The van der Waals surface area contributed by atoms with Gasteiger partial charge in [0.15, 0.2) is 0 Å². The molecule has 0 saturated carbocycles. The summed E-state index contributed by atoms with van der Waals surface area (Å²) >= 11 is 8.97. The van der Waals surface area contributed by atoms with Gasteiger partial charge in [-0.25, -0.2) is 13.1 Å². The molecule has 0 saturated heterocycles. The Balaban J connectivity index is 2.29. The molecule has 1 aromatic heterocycles. The summed E-state index contributed by atoms with van der Waals surface area (Å²) in [5, 5.41) is 0.254. The summed E-state index contributed by atoms with van der Waals surface area (Å²) in [4.78, 5) is 0.000921. The van der Waals surface area contributed by atoms with E-state index in [1.807, 2.05) is 0 Å². The van der Waals surface area contributed by atoms with Crippen LogP contribution in [0.3, 0.4) is 0 Å². The third kappa shape index (κ3) is 3.30. The van der Waals surface area contributed by atoms with Crippen LogP contribution < -0.4 is 10.5 Å². The van der Waals surface area contributed by atoms with Crippen molar-refractivity contribution >= 4 is 43.2 Å². The quantitative estimate of drug-likeness (QED) is 0.816. The molecule has 0 bridgehead atoms. The highest BCUT2D eigenvalue weighted by Gasteiger charge is 2.20. The summed E-state index contributed by atoms with van der Waals surface area (Å²) in [6.07, 6.45) is 2.93. The number of sulfonamides is 1. The minimum Gasteiger partial charge on any atom is -0.472 e. The zero-order chi connectivity index (χ0) is 14.0. The number of furan rings is 1. The predicted molar refractivity (Wildman–Crippen MR) is 76.3 cm³/mol. The standard InChI is InChI=1S/C11H10BrClN2O3S/c12-11-9(14)3-8(13)4-10(11)19(16,17)15-5-7-1-2-18-6-7/h1-4,6,15H,5,14H2. The van der Waals surface area contributed by atoms with Crippen LogP contribution in [0.4, 0.5) is 5.69 Å². The van der Waals surface area contributed by atoms with Gasteiger partial charge in [0.2, 0.25) is 10.0 Å². The van der Waals surface area contributed by atoms with E-state index in [2.05, 4.69) is 20.7 Å². The van der Waals surface area contributed by atoms with Gasteiger partial charge >= 0.3 is 0 Å². The van der Waals surface area contributed by atoms with Gasteiger partial charge in [0, 0.05) is 22.8 Å². The second kappa shape index (κ2) is 5.54. The number of hydrogen-bond acceptors (Lipinski definition) is 4. The second-order valence-electron chi connectivity index (χ2n) is 3.76. The molecule has 1 heterocycles. The summed E-state index contributed by atoms with van der Waals surface area (Å²) in [6.45, 7) is 0.123. The van der Waals surface area contributed by atoms with Gasteiger partial charge in [-0.05, 0) is 34.1 Å². The van der Waals surface area contributed by atoms with E-state index in [0.29, 0.717) is 0 Å². The van der Waals surface area contributed by atoms with Crippen LogP contribution in [0.5, 0.6) is 0 Å². The summed E-state index contributed by atoms with van der Waals surface area (Å²) in [5.74, 6) is 0. The Kier molecular flexibility index (Phi) is 4.19. The number of halogens is 2. The van der Waals surface area contributed by atoms with Crippen molar-refractivity contribution in [3.8, 4) is 0 Å². The Morgan fingerprint density at radius 1 is 1.42 bits per heavy atom. The molecule has 5 nitrogen and oxygen atoms in total. The van der Waals surface area contributed by atoms with Gasteiger partial charge in [-0.3, -0.25) is 0 Å². The lowest BCUT2D eigenvalue weighted by Gasteiger charge is -2.10. The van der Waals surface area contributed by atoms with Crippen molar-refractivity contribution in [2.45, 2.75) is 11.4 Å². The number of nitrogens with one attached hydrogen (secondary N) is 1. The van der Waals surface area contributed by atoms with Gasteiger partial charge in [0.25, 0.3) is 0 Å². The molecule has 0 unspecified atom stereocenters. The van der Waals surface area contributed by atoms with Gasteiger partial charge in [-0.1, -0.05) is 11.6 Å². The van der Waals surface area contributed by atoms with Crippen molar-refractivity contribution in [1.82, 2.24) is 4.72 Å². The van der Waals surface area contributed by atoms with Gasteiger partial charge in [-0.2, -0.15) is 0 Å². The molecular weight excluding hydrogens is 356 g/mol. The van der Waals surface area contributed by atoms with Crippen molar-refractivity contribution in [3.05, 3.63) is 45.8 Å². The maximum absolute atomic E-state index is 12.2. The monoisotopic (exact) mass is 364 g/mol. The second-order valence-corrected chi connectivity index (χ2v) is 6.73. The predicted octanol–water partition coefficient (Wildman–Crippen LogP) is 2.76. The largest absolute Gasteiger partial charge is 0.472 e. The molecule has 1 aromatic carbocycles. The molecule has 2 aromatic rings. The number of nitrogen functional groups attached to an aromatic ring is 1. The SMILES string of the molecule is Nc1cc(Cl)cc(S(=O)(=O)NCc2ccoc2)c1Br. The third-order valence-electron chi connectivity index (χ3n) is 2.37. The van der Waals surface area contributed by atoms with E-state index in [4.69, 9.17) is 21.8 Å². The van der Waals surface area contributed by atoms with E-state index in [0.717, 1.165) is 5.56 Å². The lowest BCUT2D eigenvalue weighted by atomic mass is 10.3. The minimum absolute atomic E-state index is 0.000921. The smallest absolute Gasteiger partial charge is 0.242 e. The Morgan fingerprint density at radius 3 is 2.79 bits per heavy atom. The molecule has 8 heteroatoms. The van der Waals surface area contributed by atoms with Crippen LogP contribution in [0.1, 0.15) is 5.56 Å².